The number of carbonyl (C=O) groups is 1. The minimum Gasteiger partial charge on any atom is -0.444 e. The maximum atomic E-state index is 12.3. The van der Waals surface area contributed by atoms with E-state index in [1.807, 2.05) is 26.8 Å². The molecule has 1 aromatic heterocycles. The van der Waals surface area contributed by atoms with E-state index >= 15 is 0 Å². The fraction of sp³-hybridized carbons (Fsp3) is 0.667. The van der Waals surface area contributed by atoms with E-state index in [9.17, 15) is 9.90 Å². The van der Waals surface area contributed by atoms with Crippen LogP contribution in [0, 0.1) is 0 Å². The number of thiophene rings is 1. The van der Waals surface area contributed by atoms with Crippen LogP contribution in [0.3, 0.4) is 0 Å². The molecule has 2 heterocycles. The average molecular weight is 348 g/mol. The van der Waals surface area contributed by atoms with Gasteiger partial charge in [0.25, 0.3) is 0 Å². The maximum absolute atomic E-state index is 12.3. The Kier molecular flexibility index (Phi) is 5.71. The van der Waals surface area contributed by atoms with Crippen LogP contribution in [-0.2, 0) is 15.9 Å². The third-order valence-electron chi connectivity index (χ3n) is 3.28. The first kappa shape index (κ1) is 17.5. The lowest BCUT2D eigenvalue weighted by Crippen LogP contribution is -2.55. The monoisotopic (exact) mass is 347 g/mol. The zero-order chi connectivity index (χ0) is 16.3. The molecule has 0 radical (unpaired) electrons. The van der Waals surface area contributed by atoms with Gasteiger partial charge in [0.2, 0.25) is 0 Å². The number of nitrogens with zero attached hydrogens (tertiary/aromatic N) is 1. The largest absolute Gasteiger partial charge is 0.444 e. The van der Waals surface area contributed by atoms with E-state index in [1.54, 1.807) is 11.0 Å². The highest BCUT2D eigenvalue weighted by Crippen LogP contribution is 2.25. The van der Waals surface area contributed by atoms with E-state index in [0.29, 0.717) is 30.5 Å². The molecule has 0 bridgehead atoms. The van der Waals surface area contributed by atoms with Crippen LogP contribution in [0.25, 0.3) is 0 Å². The molecule has 1 saturated heterocycles. The van der Waals surface area contributed by atoms with Crippen molar-refractivity contribution in [1.29, 1.82) is 0 Å². The number of hydrogen-bond acceptors (Lipinski definition) is 5. The molecule has 2 rings (SSSR count). The SMILES string of the molecule is CC(C)(C)OC(=O)N1CCOCC1C(O)Cc1ccc(Cl)s1. The summed E-state index contributed by atoms with van der Waals surface area (Å²) in [4.78, 5) is 14.8. The smallest absolute Gasteiger partial charge is 0.410 e. The Hall–Kier alpha value is -0.820. The molecule has 0 saturated carbocycles. The van der Waals surface area contributed by atoms with Crippen LogP contribution in [0.5, 0.6) is 0 Å². The molecule has 1 N–H and O–H groups in total. The Labute approximate surface area is 139 Å². The van der Waals surface area contributed by atoms with E-state index in [0.717, 1.165) is 4.88 Å². The van der Waals surface area contributed by atoms with Gasteiger partial charge in [0.15, 0.2) is 0 Å². The van der Waals surface area contributed by atoms with Crippen LogP contribution in [-0.4, -0.2) is 53.6 Å². The second-order valence-corrected chi connectivity index (χ2v) is 8.09. The van der Waals surface area contributed by atoms with E-state index in [-0.39, 0.29) is 0 Å². The van der Waals surface area contributed by atoms with Crippen LogP contribution in [0.2, 0.25) is 4.34 Å². The summed E-state index contributed by atoms with van der Waals surface area (Å²) in [6, 6.07) is 3.28. The Morgan fingerprint density at radius 3 is 2.91 bits per heavy atom. The average Bonchev–Trinajstić information content (AvgIpc) is 2.82. The minimum absolute atomic E-state index is 0.305. The van der Waals surface area contributed by atoms with E-state index in [1.165, 1.54) is 11.3 Å². The normalized spacial score (nSPS) is 20.8. The number of aliphatic hydroxyl groups is 1. The molecular formula is C15H22ClNO4S. The molecule has 124 valence electrons. The maximum Gasteiger partial charge on any atom is 0.410 e. The zero-order valence-corrected chi connectivity index (χ0v) is 14.6. The van der Waals surface area contributed by atoms with Crippen molar-refractivity contribution in [3.63, 3.8) is 0 Å². The first-order chi connectivity index (χ1) is 10.3. The topological polar surface area (TPSA) is 59.0 Å². The molecule has 22 heavy (non-hydrogen) atoms. The zero-order valence-electron chi connectivity index (χ0n) is 13.0. The van der Waals surface area contributed by atoms with E-state index in [2.05, 4.69) is 0 Å². The minimum atomic E-state index is -0.720. The van der Waals surface area contributed by atoms with Crippen molar-refractivity contribution in [1.82, 2.24) is 4.90 Å². The van der Waals surface area contributed by atoms with Gasteiger partial charge in [-0.05, 0) is 32.9 Å². The van der Waals surface area contributed by atoms with Crippen LogP contribution in [0.1, 0.15) is 25.6 Å². The predicted octanol–water partition coefficient (Wildman–Crippen LogP) is 2.94. The molecule has 2 unspecified atom stereocenters. The van der Waals surface area contributed by atoms with Crippen molar-refractivity contribution in [2.24, 2.45) is 0 Å². The second kappa shape index (κ2) is 7.17. The summed E-state index contributed by atoms with van der Waals surface area (Å²) in [6.07, 6.45) is -0.698. The lowest BCUT2D eigenvalue weighted by molar-refractivity contribution is -0.0658. The number of morpholine rings is 1. The summed E-state index contributed by atoms with van der Waals surface area (Å²) in [5, 5.41) is 10.5. The van der Waals surface area contributed by atoms with Crippen LogP contribution < -0.4 is 0 Å². The third kappa shape index (κ3) is 4.84. The van der Waals surface area contributed by atoms with Gasteiger partial charge in [0, 0.05) is 17.8 Å². The van der Waals surface area contributed by atoms with Gasteiger partial charge in [-0.3, -0.25) is 4.90 Å². The van der Waals surface area contributed by atoms with Crippen LogP contribution in [0.15, 0.2) is 12.1 Å². The van der Waals surface area contributed by atoms with Gasteiger partial charge in [0.1, 0.15) is 5.60 Å². The highest BCUT2D eigenvalue weighted by atomic mass is 35.5. The first-order valence-corrected chi connectivity index (χ1v) is 8.45. The summed E-state index contributed by atoms with van der Waals surface area (Å²) >= 11 is 7.34. The first-order valence-electron chi connectivity index (χ1n) is 7.26. The molecule has 1 fully saturated rings. The molecule has 5 nitrogen and oxygen atoms in total. The Balaban J connectivity index is 2.03. The standard InChI is InChI=1S/C15H22ClNO4S/c1-15(2,3)21-14(19)17-6-7-20-9-11(17)12(18)8-10-4-5-13(16)22-10/h4-5,11-12,18H,6-9H2,1-3H3. The van der Waals surface area contributed by atoms with Gasteiger partial charge >= 0.3 is 6.09 Å². The van der Waals surface area contributed by atoms with Gasteiger partial charge in [-0.15, -0.1) is 11.3 Å². The number of aliphatic hydroxyl groups excluding tert-OH is 1. The van der Waals surface area contributed by atoms with Crippen molar-refractivity contribution < 1.29 is 19.4 Å². The lowest BCUT2D eigenvalue weighted by Gasteiger charge is -2.38. The molecule has 0 aliphatic carbocycles. The summed E-state index contributed by atoms with van der Waals surface area (Å²) < 4.78 is 11.5. The van der Waals surface area contributed by atoms with Gasteiger partial charge in [-0.1, -0.05) is 11.6 Å². The van der Waals surface area contributed by atoms with Crippen molar-refractivity contribution in [3.8, 4) is 0 Å². The van der Waals surface area contributed by atoms with Crippen molar-refractivity contribution in [3.05, 3.63) is 21.3 Å². The van der Waals surface area contributed by atoms with Gasteiger partial charge in [-0.25, -0.2) is 4.79 Å². The molecule has 1 amide bonds. The van der Waals surface area contributed by atoms with Crippen LogP contribution in [0.4, 0.5) is 4.79 Å². The lowest BCUT2D eigenvalue weighted by atomic mass is 10.1. The summed E-state index contributed by atoms with van der Waals surface area (Å²) in [7, 11) is 0. The van der Waals surface area contributed by atoms with E-state index in [4.69, 9.17) is 21.1 Å². The predicted molar refractivity (Wildman–Crippen MR) is 86.6 cm³/mol. The summed E-state index contributed by atoms with van der Waals surface area (Å²) in [6.45, 7) is 6.65. The highest BCUT2D eigenvalue weighted by molar-refractivity contribution is 7.16. The molecule has 2 atom stereocenters. The highest BCUT2D eigenvalue weighted by Gasteiger charge is 2.35. The molecule has 1 aromatic rings. The van der Waals surface area contributed by atoms with Crippen molar-refractivity contribution in [2.45, 2.75) is 44.9 Å². The second-order valence-electron chi connectivity index (χ2n) is 6.29. The van der Waals surface area contributed by atoms with Crippen molar-refractivity contribution >= 4 is 29.0 Å². The number of carbonyl (C=O) groups excluding carboxylic acids is 1. The van der Waals surface area contributed by atoms with Crippen molar-refractivity contribution in [2.75, 3.05) is 19.8 Å². The van der Waals surface area contributed by atoms with Crippen LogP contribution >= 0.6 is 22.9 Å². The molecule has 0 aromatic carbocycles. The molecule has 0 spiro atoms. The molecular weight excluding hydrogens is 326 g/mol. The summed E-state index contributed by atoms with van der Waals surface area (Å²) in [5.74, 6) is 0. The number of rotatable bonds is 3. The fourth-order valence-corrected chi connectivity index (χ4v) is 3.43. The van der Waals surface area contributed by atoms with Gasteiger partial charge in [0.05, 0.1) is 29.7 Å². The third-order valence-corrected chi connectivity index (χ3v) is 4.53. The quantitative estimate of drug-likeness (QED) is 0.913. The Bertz CT molecular complexity index is 514. The Morgan fingerprint density at radius 1 is 1.59 bits per heavy atom. The molecule has 7 heteroatoms. The van der Waals surface area contributed by atoms with E-state index < -0.39 is 23.8 Å². The fourth-order valence-electron chi connectivity index (χ4n) is 2.29. The Morgan fingerprint density at radius 2 is 2.32 bits per heavy atom. The number of hydrogen-bond donors (Lipinski definition) is 1. The number of halogens is 1. The molecule has 1 aliphatic heterocycles. The summed E-state index contributed by atoms with van der Waals surface area (Å²) in [5.41, 5.74) is -0.563. The number of ether oxygens (including phenoxy) is 2. The number of amides is 1. The van der Waals surface area contributed by atoms with Gasteiger partial charge in [-0.2, -0.15) is 0 Å². The van der Waals surface area contributed by atoms with Gasteiger partial charge < -0.3 is 14.6 Å². The molecule has 1 aliphatic rings.